The van der Waals surface area contributed by atoms with Crippen LogP contribution in [0.25, 0.3) is 22.3 Å². The van der Waals surface area contributed by atoms with Crippen molar-refractivity contribution in [2.45, 2.75) is 121 Å². The second-order valence-corrected chi connectivity index (χ2v) is 21.3. The normalized spacial score (nSPS) is 17.1. The first-order chi connectivity index (χ1) is 40.0. The largest absolute Gasteiger partial charge is 0.481 e. The van der Waals surface area contributed by atoms with Crippen molar-refractivity contribution in [1.29, 1.82) is 0 Å². The lowest BCUT2D eigenvalue weighted by atomic mass is 9.81. The molecule has 0 unspecified atom stereocenters. The smallest absolute Gasteiger partial charge is 0.343 e. The van der Waals surface area contributed by atoms with Crippen LogP contribution in [0.4, 0.5) is 4.39 Å². The van der Waals surface area contributed by atoms with Gasteiger partial charge in [0.05, 0.1) is 67.2 Å². The third kappa shape index (κ3) is 13.4. The van der Waals surface area contributed by atoms with Gasteiger partial charge in [0, 0.05) is 74.1 Å². The maximum Gasteiger partial charge on any atom is 0.343 e. The van der Waals surface area contributed by atoms with E-state index in [-0.39, 0.29) is 81.4 Å². The first-order valence-corrected chi connectivity index (χ1v) is 27.6. The van der Waals surface area contributed by atoms with Crippen molar-refractivity contribution < 1.29 is 72.1 Å². The Balaban J connectivity index is 0.952. The van der Waals surface area contributed by atoms with Crippen LogP contribution in [-0.2, 0) is 89.1 Å². The number of carbonyl (C=O) groups is 11. The second-order valence-electron chi connectivity index (χ2n) is 21.3. The van der Waals surface area contributed by atoms with E-state index in [4.69, 9.17) is 20.6 Å². The molecule has 4 atom stereocenters. The number of cyclic esters (lactones) is 1. The van der Waals surface area contributed by atoms with Gasteiger partial charge < -0.3 is 51.0 Å². The number of unbranched alkanes of at least 4 members (excludes halogenated alkanes) is 2. The number of esters is 1. The molecular weight excluding hydrogens is 1100 g/mol. The van der Waals surface area contributed by atoms with Crippen LogP contribution >= 0.6 is 0 Å². The van der Waals surface area contributed by atoms with Gasteiger partial charge in [-0.15, -0.1) is 0 Å². The Hall–Kier alpha value is -9.04. The first kappa shape index (κ1) is 61.0. The molecule has 4 aromatic rings. The van der Waals surface area contributed by atoms with E-state index < -0.39 is 126 Å². The number of aryl methyl sites for hydroxylation is 1. The molecule has 8 N–H and O–H groups in total. The molecule has 444 valence electrons. The fraction of sp³-hybridized carbons (Fsp3) is 0.431. The number of nitrogens with two attached hydrogens (primary N) is 1. The van der Waals surface area contributed by atoms with Gasteiger partial charge in [0.2, 0.25) is 41.4 Å². The number of nitrogens with one attached hydrogen (secondary N) is 4. The summed E-state index contributed by atoms with van der Waals surface area (Å²) in [6, 6.07) is 7.82. The van der Waals surface area contributed by atoms with Gasteiger partial charge in [0.25, 0.3) is 17.4 Å². The molecule has 0 saturated heterocycles. The minimum absolute atomic E-state index is 0.0129. The molecule has 0 bridgehead atoms. The van der Waals surface area contributed by atoms with E-state index in [1.54, 1.807) is 50.2 Å². The molecule has 1 aliphatic carbocycles. The quantitative estimate of drug-likeness (QED) is 0.0237. The molecule has 0 saturated carbocycles. The van der Waals surface area contributed by atoms with Gasteiger partial charge in [0.1, 0.15) is 18.5 Å². The number of carboxylic acid groups (broad SMARTS) is 1. The van der Waals surface area contributed by atoms with Gasteiger partial charge in [-0.2, -0.15) is 0 Å². The van der Waals surface area contributed by atoms with Gasteiger partial charge in [-0.25, -0.2) is 14.2 Å². The summed E-state index contributed by atoms with van der Waals surface area (Å²) >= 11 is 0. The molecule has 3 aliphatic heterocycles. The Morgan fingerprint density at radius 1 is 0.905 bits per heavy atom. The highest BCUT2D eigenvalue weighted by molar-refractivity contribution is 6.13. The summed E-state index contributed by atoms with van der Waals surface area (Å²) in [5.41, 5.74) is 7.04. The van der Waals surface area contributed by atoms with Crippen molar-refractivity contribution >= 4 is 76.0 Å². The van der Waals surface area contributed by atoms with E-state index in [0.717, 1.165) is 9.80 Å². The van der Waals surface area contributed by atoms with Crippen LogP contribution in [0, 0.1) is 12.7 Å². The number of fused-ring (bicyclic) bond motifs is 5. The number of hydrogen-bond acceptors (Lipinski definition) is 16. The van der Waals surface area contributed by atoms with Crippen molar-refractivity contribution in [3.8, 4) is 11.4 Å². The number of rotatable bonds is 25. The molecule has 0 fully saturated rings. The van der Waals surface area contributed by atoms with Crippen LogP contribution in [0.5, 0.6) is 0 Å². The van der Waals surface area contributed by atoms with E-state index in [0.29, 0.717) is 70.3 Å². The van der Waals surface area contributed by atoms with Crippen LogP contribution in [0.15, 0.2) is 59.4 Å². The maximum atomic E-state index is 15.6. The van der Waals surface area contributed by atoms with E-state index in [2.05, 4.69) is 21.3 Å². The molecule has 26 heteroatoms. The number of aliphatic hydroxyl groups is 1. The van der Waals surface area contributed by atoms with Crippen LogP contribution in [0.1, 0.15) is 110 Å². The third-order valence-corrected chi connectivity index (χ3v) is 15.5. The highest BCUT2D eigenvalue weighted by Gasteiger charge is 2.46. The van der Waals surface area contributed by atoms with Crippen LogP contribution in [0.2, 0.25) is 0 Å². The molecular formula is C58H65FN10O15. The van der Waals surface area contributed by atoms with Crippen molar-refractivity contribution in [3.63, 3.8) is 0 Å². The molecule has 5 heterocycles. The summed E-state index contributed by atoms with van der Waals surface area (Å²) in [6.07, 6.45) is 3.01. The van der Waals surface area contributed by atoms with Crippen molar-refractivity contribution in [1.82, 2.24) is 45.5 Å². The number of halogens is 1. The predicted molar refractivity (Wildman–Crippen MR) is 295 cm³/mol. The zero-order valence-corrected chi connectivity index (χ0v) is 46.5. The van der Waals surface area contributed by atoms with Crippen molar-refractivity contribution in [3.05, 3.63) is 110 Å². The number of ether oxygens (including phenoxy) is 1. The molecule has 25 nitrogen and oxygen atoms in total. The van der Waals surface area contributed by atoms with Crippen LogP contribution in [-0.4, -0.2) is 151 Å². The zero-order chi connectivity index (χ0) is 60.7. The number of pyridine rings is 2. The second kappa shape index (κ2) is 26.0. The molecule has 2 aromatic carbocycles. The standard InChI is InChI=1S/C58H65FN10O15/c1-4-58(83)36-23-42-53-34(27-69(42)55(80)35(36)30-84-57(58)82)52-39(17-16-33-31(2)37(59)24-40(64-53)51(33)52)62-43(70)14-11-20-67(47(74)15-9-6-10-21-68-48(75)18-19-49(68)76)29-46(73)65-54(79)41(22-32-12-7-5-8-13-32)63-44(71)26-61-45(72)28-66(3)56(81)38(60)25-50(77)78/h5,7-8,12-13,18-19,23-24,38-39,41,83H,4,6,9-11,14-17,20-22,25-30,60H2,1-3H3,(H,61,72)(H,62,70)(H,63,71)(H,77,78)(H,65,73,79)/t38-,39-,41-,58-/m0/s1. The average Bonchev–Trinajstić information content (AvgIpc) is 1.49. The lowest BCUT2D eigenvalue weighted by molar-refractivity contribution is -0.172. The first-order valence-electron chi connectivity index (χ1n) is 27.6. The van der Waals surface area contributed by atoms with Crippen molar-refractivity contribution in [2.75, 3.05) is 39.8 Å². The molecule has 0 radical (unpaired) electrons. The molecule has 0 spiro atoms. The van der Waals surface area contributed by atoms with E-state index >= 15 is 4.39 Å². The van der Waals surface area contributed by atoms with E-state index in [1.807, 2.05) is 0 Å². The predicted octanol–water partition coefficient (Wildman–Crippen LogP) is 0.472. The van der Waals surface area contributed by atoms with Crippen molar-refractivity contribution in [2.24, 2.45) is 5.73 Å². The number of amides is 9. The van der Waals surface area contributed by atoms with Gasteiger partial charge in [-0.1, -0.05) is 43.7 Å². The summed E-state index contributed by atoms with van der Waals surface area (Å²) in [4.78, 5) is 164. The number of aromatic nitrogens is 2. The highest BCUT2D eigenvalue weighted by atomic mass is 19.1. The minimum Gasteiger partial charge on any atom is -0.481 e. The Bertz CT molecular complexity index is 3460. The lowest BCUT2D eigenvalue weighted by Gasteiger charge is -2.31. The Morgan fingerprint density at radius 3 is 2.33 bits per heavy atom. The molecule has 4 aliphatic rings. The number of imide groups is 2. The number of hydrogen-bond donors (Lipinski definition) is 7. The molecule has 84 heavy (non-hydrogen) atoms. The number of nitrogens with zero attached hydrogens (tertiary/aromatic N) is 5. The monoisotopic (exact) mass is 1160 g/mol. The topological polar surface area (TPSA) is 356 Å². The molecule has 2 aromatic heterocycles. The van der Waals surface area contributed by atoms with Gasteiger partial charge in [-0.05, 0) is 73.8 Å². The number of carboxylic acids is 1. The maximum absolute atomic E-state index is 15.6. The number of carbonyl (C=O) groups excluding carboxylic acids is 10. The van der Waals surface area contributed by atoms with Crippen LogP contribution in [0.3, 0.4) is 0 Å². The summed E-state index contributed by atoms with van der Waals surface area (Å²) in [5, 5.41) is 31.2. The fourth-order valence-corrected chi connectivity index (χ4v) is 11.0. The van der Waals surface area contributed by atoms with Gasteiger partial charge in [-0.3, -0.25) is 63.0 Å². The Labute approximate surface area is 480 Å². The average molecular weight is 1160 g/mol. The van der Waals surface area contributed by atoms with Gasteiger partial charge >= 0.3 is 11.9 Å². The fourth-order valence-electron chi connectivity index (χ4n) is 11.0. The SMILES string of the molecule is CC[C@@]1(O)C(=O)OCc2c1cc1n(c2=O)Cc2c-1nc1cc(F)c(C)c3c1c2[C@@H](NC(=O)CCCN(CC(=O)NC(=O)[C@H](Cc1ccccc1)NC(=O)CNC(=O)CN(C)C(=O)[C@@H](N)CC(=O)O)C(=O)CCCCCN1C(=O)C=CC1=O)CC3. The van der Waals surface area contributed by atoms with Gasteiger partial charge in [0.15, 0.2) is 5.60 Å². The van der Waals surface area contributed by atoms with Crippen LogP contribution < -0.4 is 32.6 Å². The molecule has 9 amide bonds. The number of benzene rings is 2. The highest BCUT2D eigenvalue weighted by Crippen LogP contribution is 2.46. The van der Waals surface area contributed by atoms with E-state index in [1.165, 1.54) is 34.7 Å². The Morgan fingerprint density at radius 2 is 1.63 bits per heavy atom. The Kier molecular flexibility index (Phi) is 18.9. The summed E-state index contributed by atoms with van der Waals surface area (Å²) in [5.74, 6) is -8.95. The third-order valence-electron chi connectivity index (χ3n) is 15.5. The van der Waals surface area contributed by atoms with E-state index in [9.17, 15) is 62.6 Å². The summed E-state index contributed by atoms with van der Waals surface area (Å²) in [6.45, 7) is 0.986. The number of likely N-dealkylation sites (N-methyl/N-ethyl adjacent to an activating group) is 1. The summed E-state index contributed by atoms with van der Waals surface area (Å²) in [7, 11) is 1.22. The minimum atomic E-state index is -2.09. The lowest BCUT2D eigenvalue weighted by Crippen LogP contribution is -2.53. The zero-order valence-electron chi connectivity index (χ0n) is 46.5. The molecule has 8 rings (SSSR count). The summed E-state index contributed by atoms with van der Waals surface area (Å²) < 4.78 is 22.3. The number of aliphatic carboxylic acids is 1.